The molecule has 0 amide bonds. The van der Waals surface area contributed by atoms with E-state index in [4.69, 9.17) is 4.74 Å². The second kappa shape index (κ2) is 10.1. The molecule has 0 bridgehead atoms. The highest BCUT2D eigenvalue weighted by Crippen LogP contribution is 2.11. The first-order valence-corrected chi connectivity index (χ1v) is 6.62. The summed E-state index contributed by atoms with van der Waals surface area (Å²) in [5, 5.41) is 3.39. The molecule has 0 spiro atoms. The Morgan fingerprint density at radius 2 is 1.88 bits per heavy atom. The van der Waals surface area contributed by atoms with Crippen molar-refractivity contribution in [1.82, 2.24) is 10.2 Å². The lowest BCUT2D eigenvalue weighted by atomic mass is 10.1. The molecule has 0 fully saturated rings. The van der Waals surface area contributed by atoms with Crippen molar-refractivity contribution in [2.24, 2.45) is 0 Å². The number of hydrogen-bond donors (Lipinski definition) is 1. The first kappa shape index (κ1) is 15.9. The number of nitrogens with one attached hydrogen (secondary N) is 1. The van der Waals surface area contributed by atoms with E-state index >= 15 is 0 Å². The standard InChI is InChI=1S/C13H30N2O/c1-6-12(3)15(10-11-16-5)13(4)8-9-14-7-2/h12-14H,6-11H2,1-5H3. The number of ether oxygens (including phenoxy) is 1. The fourth-order valence-electron chi connectivity index (χ4n) is 1.96. The molecule has 0 aromatic rings. The Bertz CT molecular complexity index is 153. The third kappa shape index (κ3) is 6.46. The molecule has 0 aliphatic rings. The fourth-order valence-corrected chi connectivity index (χ4v) is 1.96. The maximum Gasteiger partial charge on any atom is 0.0589 e. The van der Waals surface area contributed by atoms with Gasteiger partial charge >= 0.3 is 0 Å². The van der Waals surface area contributed by atoms with Crippen LogP contribution in [0.3, 0.4) is 0 Å². The van der Waals surface area contributed by atoms with Gasteiger partial charge in [0.2, 0.25) is 0 Å². The van der Waals surface area contributed by atoms with Gasteiger partial charge < -0.3 is 10.1 Å². The van der Waals surface area contributed by atoms with E-state index in [2.05, 4.69) is 37.9 Å². The zero-order chi connectivity index (χ0) is 12.4. The van der Waals surface area contributed by atoms with Crippen LogP contribution in [0.4, 0.5) is 0 Å². The van der Waals surface area contributed by atoms with Crippen molar-refractivity contribution < 1.29 is 4.74 Å². The van der Waals surface area contributed by atoms with E-state index < -0.39 is 0 Å². The van der Waals surface area contributed by atoms with Gasteiger partial charge in [0.1, 0.15) is 0 Å². The SMILES string of the molecule is CCNCCC(C)N(CCOC)C(C)CC. The average Bonchev–Trinajstić information content (AvgIpc) is 2.29. The number of hydrogen-bond acceptors (Lipinski definition) is 3. The van der Waals surface area contributed by atoms with E-state index in [9.17, 15) is 0 Å². The van der Waals surface area contributed by atoms with E-state index in [0.717, 1.165) is 26.2 Å². The largest absolute Gasteiger partial charge is 0.383 e. The minimum atomic E-state index is 0.629. The number of rotatable bonds is 10. The summed E-state index contributed by atoms with van der Waals surface area (Å²) in [7, 11) is 1.78. The molecule has 0 saturated carbocycles. The minimum absolute atomic E-state index is 0.629. The van der Waals surface area contributed by atoms with Crippen molar-refractivity contribution in [1.29, 1.82) is 0 Å². The highest BCUT2D eigenvalue weighted by atomic mass is 16.5. The van der Waals surface area contributed by atoms with E-state index in [1.807, 2.05) is 0 Å². The summed E-state index contributed by atoms with van der Waals surface area (Å²) < 4.78 is 5.19. The van der Waals surface area contributed by atoms with Gasteiger partial charge in [0.15, 0.2) is 0 Å². The normalized spacial score (nSPS) is 15.4. The maximum atomic E-state index is 5.19. The molecule has 0 aromatic carbocycles. The van der Waals surface area contributed by atoms with Crippen LogP contribution in [0.1, 0.15) is 40.5 Å². The molecule has 3 nitrogen and oxygen atoms in total. The summed E-state index contributed by atoms with van der Waals surface area (Å²) in [4.78, 5) is 2.56. The molecule has 0 radical (unpaired) electrons. The van der Waals surface area contributed by atoms with Crippen molar-refractivity contribution in [3.63, 3.8) is 0 Å². The molecule has 0 saturated heterocycles. The lowest BCUT2D eigenvalue weighted by Crippen LogP contribution is -2.43. The molecule has 2 unspecified atom stereocenters. The smallest absolute Gasteiger partial charge is 0.0589 e. The molecule has 0 rings (SSSR count). The van der Waals surface area contributed by atoms with Crippen LogP contribution in [0.25, 0.3) is 0 Å². The van der Waals surface area contributed by atoms with E-state index in [1.165, 1.54) is 12.8 Å². The molecule has 1 N–H and O–H groups in total. The lowest BCUT2D eigenvalue weighted by Gasteiger charge is -2.34. The minimum Gasteiger partial charge on any atom is -0.383 e. The van der Waals surface area contributed by atoms with Crippen LogP contribution in [0, 0.1) is 0 Å². The average molecular weight is 230 g/mol. The summed E-state index contributed by atoms with van der Waals surface area (Å²) in [6.45, 7) is 13.1. The van der Waals surface area contributed by atoms with Gasteiger partial charge in [0.05, 0.1) is 6.61 Å². The predicted octanol–water partition coefficient (Wildman–Crippen LogP) is 2.12. The van der Waals surface area contributed by atoms with Gasteiger partial charge in [-0.15, -0.1) is 0 Å². The summed E-state index contributed by atoms with van der Waals surface area (Å²) >= 11 is 0. The second-order valence-corrected chi connectivity index (χ2v) is 4.48. The molecule has 0 aromatic heterocycles. The van der Waals surface area contributed by atoms with Gasteiger partial charge in [-0.3, -0.25) is 4.90 Å². The third-order valence-corrected chi connectivity index (χ3v) is 3.27. The Morgan fingerprint density at radius 3 is 2.38 bits per heavy atom. The number of methoxy groups -OCH3 is 1. The summed E-state index contributed by atoms with van der Waals surface area (Å²) in [6.07, 6.45) is 2.41. The Kier molecular flexibility index (Phi) is 9.99. The molecule has 2 atom stereocenters. The molecular formula is C13H30N2O. The molecule has 3 heteroatoms. The monoisotopic (exact) mass is 230 g/mol. The van der Waals surface area contributed by atoms with Gasteiger partial charge in [0.25, 0.3) is 0 Å². The van der Waals surface area contributed by atoms with Crippen LogP contribution < -0.4 is 5.32 Å². The van der Waals surface area contributed by atoms with E-state index in [0.29, 0.717) is 12.1 Å². The van der Waals surface area contributed by atoms with Gasteiger partial charge in [-0.2, -0.15) is 0 Å². The maximum absolute atomic E-state index is 5.19. The van der Waals surface area contributed by atoms with Crippen LogP contribution in [0.2, 0.25) is 0 Å². The zero-order valence-corrected chi connectivity index (χ0v) is 11.8. The fraction of sp³-hybridized carbons (Fsp3) is 1.00. The Balaban J connectivity index is 4.03. The van der Waals surface area contributed by atoms with Crippen molar-refractivity contribution in [3.8, 4) is 0 Å². The van der Waals surface area contributed by atoms with Crippen LogP contribution >= 0.6 is 0 Å². The molecule has 0 aliphatic heterocycles. The van der Waals surface area contributed by atoms with Crippen LogP contribution in [-0.2, 0) is 4.74 Å². The Morgan fingerprint density at radius 1 is 1.19 bits per heavy atom. The van der Waals surface area contributed by atoms with Crippen molar-refractivity contribution in [2.75, 3.05) is 33.4 Å². The van der Waals surface area contributed by atoms with Gasteiger partial charge in [0, 0.05) is 25.7 Å². The zero-order valence-electron chi connectivity index (χ0n) is 11.8. The Labute approximate surface area is 102 Å². The second-order valence-electron chi connectivity index (χ2n) is 4.48. The third-order valence-electron chi connectivity index (χ3n) is 3.27. The first-order chi connectivity index (χ1) is 7.67. The van der Waals surface area contributed by atoms with Crippen molar-refractivity contribution in [2.45, 2.75) is 52.6 Å². The van der Waals surface area contributed by atoms with Crippen LogP contribution in [0.15, 0.2) is 0 Å². The first-order valence-electron chi connectivity index (χ1n) is 6.62. The topological polar surface area (TPSA) is 24.5 Å². The van der Waals surface area contributed by atoms with Crippen molar-refractivity contribution >= 4 is 0 Å². The molecule has 98 valence electrons. The molecular weight excluding hydrogens is 200 g/mol. The molecule has 0 aliphatic carbocycles. The molecule has 0 heterocycles. The van der Waals surface area contributed by atoms with E-state index in [-0.39, 0.29) is 0 Å². The highest BCUT2D eigenvalue weighted by molar-refractivity contribution is 4.73. The Hall–Kier alpha value is -0.120. The predicted molar refractivity (Wildman–Crippen MR) is 71.0 cm³/mol. The lowest BCUT2D eigenvalue weighted by molar-refractivity contribution is 0.0907. The summed E-state index contributed by atoms with van der Waals surface area (Å²) in [5.74, 6) is 0. The molecule has 16 heavy (non-hydrogen) atoms. The highest BCUT2D eigenvalue weighted by Gasteiger charge is 2.17. The quantitative estimate of drug-likeness (QED) is 0.582. The van der Waals surface area contributed by atoms with Crippen molar-refractivity contribution in [3.05, 3.63) is 0 Å². The summed E-state index contributed by atoms with van der Waals surface area (Å²) in [5.41, 5.74) is 0. The van der Waals surface area contributed by atoms with Crippen LogP contribution in [-0.4, -0.2) is 50.3 Å². The van der Waals surface area contributed by atoms with Crippen LogP contribution in [0.5, 0.6) is 0 Å². The summed E-state index contributed by atoms with van der Waals surface area (Å²) in [6, 6.07) is 1.27. The van der Waals surface area contributed by atoms with Gasteiger partial charge in [-0.05, 0) is 39.8 Å². The van der Waals surface area contributed by atoms with Gasteiger partial charge in [-0.25, -0.2) is 0 Å². The number of nitrogens with zero attached hydrogens (tertiary/aromatic N) is 1. The van der Waals surface area contributed by atoms with Gasteiger partial charge in [-0.1, -0.05) is 13.8 Å². The van der Waals surface area contributed by atoms with E-state index in [1.54, 1.807) is 7.11 Å².